The van der Waals surface area contributed by atoms with Crippen LogP contribution in [-0.2, 0) is 4.79 Å². The highest BCUT2D eigenvalue weighted by Gasteiger charge is 2.18. The number of thioether (sulfide) groups is 1. The molecule has 168 valence electrons. The Hall–Kier alpha value is -4.02. The maximum atomic E-state index is 12.9. The SMILES string of the molecule is O=C(CSc1nnc(-c2ccncc2)n1-c1ccccc1)Nc1cc(Cl)ccc1-n1cncn1. The quantitative estimate of drug-likeness (QED) is 0.341. The van der Waals surface area contributed by atoms with Gasteiger partial charge in [0.1, 0.15) is 12.7 Å². The number of nitrogens with zero attached hydrogens (tertiary/aromatic N) is 7. The van der Waals surface area contributed by atoms with Gasteiger partial charge in [0.05, 0.1) is 17.1 Å². The minimum atomic E-state index is -0.221. The number of amides is 1. The maximum Gasteiger partial charge on any atom is 0.234 e. The lowest BCUT2D eigenvalue weighted by Crippen LogP contribution is -2.16. The van der Waals surface area contributed by atoms with E-state index in [1.165, 1.54) is 18.1 Å². The van der Waals surface area contributed by atoms with Crippen LogP contribution in [0, 0.1) is 0 Å². The molecule has 0 saturated heterocycles. The molecular formula is C23H17ClN8OS. The van der Waals surface area contributed by atoms with Crippen LogP contribution in [0.2, 0.25) is 5.02 Å². The molecule has 0 saturated carbocycles. The van der Waals surface area contributed by atoms with E-state index in [0.717, 1.165) is 11.3 Å². The molecule has 5 aromatic rings. The van der Waals surface area contributed by atoms with E-state index < -0.39 is 0 Å². The predicted octanol–water partition coefficient (Wildman–Crippen LogP) is 4.29. The molecule has 0 radical (unpaired) electrons. The van der Waals surface area contributed by atoms with E-state index in [0.29, 0.717) is 27.4 Å². The first kappa shape index (κ1) is 21.8. The fraction of sp³-hybridized carbons (Fsp3) is 0.0435. The lowest BCUT2D eigenvalue weighted by Gasteiger charge is -2.12. The number of anilines is 1. The van der Waals surface area contributed by atoms with Gasteiger partial charge in [-0.2, -0.15) is 5.10 Å². The van der Waals surface area contributed by atoms with Crippen molar-refractivity contribution in [2.45, 2.75) is 5.16 Å². The Labute approximate surface area is 203 Å². The second-order valence-electron chi connectivity index (χ2n) is 7.05. The molecule has 5 rings (SSSR count). The van der Waals surface area contributed by atoms with Gasteiger partial charge in [-0.05, 0) is 42.5 Å². The molecule has 2 aromatic carbocycles. The Balaban J connectivity index is 1.39. The third kappa shape index (κ3) is 4.68. The van der Waals surface area contributed by atoms with Crippen LogP contribution in [0.4, 0.5) is 5.69 Å². The molecule has 1 amide bonds. The Bertz CT molecular complexity index is 1410. The highest BCUT2D eigenvalue weighted by atomic mass is 35.5. The highest BCUT2D eigenvalue weighted by molar-refractivity contribution is 7.99. The number of benzene rings is 2. The summed E-state index contributed by atoms with van der Waals surface area (Å²) in [5.74, 6) is 0.562. The maximum absolute atomic E-state index is 12.9. The minimum absolute atomic E-state index is 0.116. The van der Waals surface area contributed by atoms with Crippen LogP contribution in [0.1, 0.15) is 0 Å². The average molecular weight is 489 g/mol. The van der Waals surface area contributed by atoms with Crippen LogP contribution in [-0.4, -0.2) is 46.2 Å². The summed E-state index contributed by atoms with van der Waals surface area (Å²) >= 11 is 7.44. The summed E-state index contributed by atoms with van der Waals surface area (Å²) < 4.78 is 3.49. The van der Waals surface area contributed by atoms with Gasteiger partial charge in [0.15, 0.2) is 11.0 Å². The van der Waals surface area contributed by atoms with Crippen molar-refractivity contribution in [3.63, 3.8) is 0 Å². The third-order valence-corrected chi connectivity index (χ3v) is 5.98. The molecule has 34 heavy (non-hydrogen) atoms. The number of halogens is 1. The fourth-order valence-corrected chi connectivity index (χ4v) is 4.24. The van der Waals surface area contributed by atoms with Crippen LogP contribution >= 0.6 is 23.4 Å². The Morgan fingerprint density at radius 2 is 1.82 bits per heavy atom. The van der Waals surface area contributed by atoms with Crippen molar-refractivity contribution in [2.24, 2.45) is 0 Å². The van der Waals surface area contributed by atoms with Gasteiger partial charge in [-0.3, -0.25) is 14.3 Å². The zero-order valence-electron chi connectivity index (χ0n) is 17.6. The van der Waals surface area contributed by atoms with Crippen LogP contribution in [0.25, 0.3) is 22.8 Å². The number of para-hydroxylation sites is 1. The number of pyridine rings is 1. The largest absolute Gasteiger partial charge is 0.323 e. The number of hydrogen-bond acceptors (Lipinski definition) is 7. The number of carbonyl (C=O) groups is 1. The molecule has 1 N–H and O–H groups in total. The Morgan fingerprint density at radius 3 is 2.59 bits per heavy atom. The normalized spacial score (nSPS) is 10.9. The number of carbonyl (C=O) groups excluding carboxylic acids is 1. The van der Waals surface area contributed by atoms with Crippen molar-refractivity contribution in [2.75, 3.05) is 11.1 Å². The zero-order valence-corrected chi connectivity index (χ0v) is 19.2. The van der Waals surface area contributed by atoms with Crippen molar-refractivity contribution < 1.29 is 4.79 Å². The van der Waals surface area contributed by atoms with E-state index in [2.05, 4.69) is 30.6 Å². The molecule has 0 aliphatic carbocycles. The van der Waals surface area contributed by atoms with Crippen molar-refractivity contribution in [3.05, 3.63) is 90.7 Å². The summed E-state index contributed by atoms with van der Waals surface area (Å²) in [7, 11) is 0. The van der Waals surface area contributed by atoms with Gasteiger partial charge in [-0.15, -0.1) is 10.2 Å². The highest BCUT2D eigenvalue weighted by Crippen LogP contribution is 2.28. The fourth-order valence-electron chi connectivity index (χ4n) is 3.32. The van der Waals surface area contributed by atoms with E-state index in [4.69, 9.17) is 11.6 Å². The van der Waals surface area contributed by atoms with Crippen molar-refractivity contribution >= 4 is 35.0 Å². The Morgan fingerprint density at radius 1 is 1.00 bits per heavy atom. The molecule has 3 heterocycles. The van der Waals surface area contributed by atoms with Gasteiger partial charge in [0, 0.05) is 28.7 Å². The van der Waals surface area contributed by atoms with Gasteiger partial charge in [0.2, 0.25) is 5.91 Å². The summed E-state index contributed by atoms with van der Waals surface area (Å²) in [6.07, 6.45) is 6.39. The topological polar surface area (TPSA) is 103 Å². The van der Waals surface area contributed by atoms with Crippen molar-refractivity contribution in [3.8, 4) is 22.8 Å². The lowest BCUT2D eigenvalue weighted by atomic mass is 10.2. The third-order valence-electron chi connectivity index (χ3n) is 4.82. The van der Waals surface area contributed by atoms with E-state index in [9.17, 15) is 4.79 Å². The number of rotatable bonds is 7. The molecule has 3 aromatic heterocycles. The number of nitrogens with one attached hydrogen (secondary N) is 1. The molecule has 0 atom stereocenters. The second-order valence-corrected chi connectivity index (χ2v) is 8.43. The van der Waals surface area contributed by atoms with E-state index in [1.54, 1.807) is 41.6 Å². The summed E-state index contributed by atoms with van der Waals surface area (Å²) in [6, 6.07) is 18.7. The summed E-state index contributed by atoms with van der Waals surface area (Å²) in [5, 5.41) is 16.9. The molecule has 0 bridgehead atoms. The first-order valence-electron chi connectivity index (χ1n) is 10.2. The molecule has 11 heteroatoms. The summed E-state index contributed by atoms with van der Waals surface area (Å²) in [6.45, 7) is 0. The van der Waals surface area contributed by atoms with Crippen molar-refractivity contribution in [1.29, 1.82) is 0 Å². The standard InChI is InChI=1S/C23H17ClN8OS/c24-17-6-7-20(31-15-26-14-27-31)19(12-17)28-21(33)13-34-23-30-29-22(16-8-10-25-11-9-16)32(23)18-4-2-1-3-5-18/h1-12,14-15H,13H2,(H,28,33). The molecule has 0 aliphatic heterocycles. The average Bonchev–Trinajstić information content (AvgIpc) is 3.54. The number of hydrogen-bond donors (Lipinski definition) is 1. The zero-order chi connectivity index (χ0) is 23.3. The van der Waals surface area contributed by atoms with Gasteiger partial charge in [0.25, 0.3) is 0 Å². The second kappa shape index (κ2) is 9.86. The van der Waals surface area contributed by atoms with Crippen LogP contribution in [0.5, 0.6) is 0 Å². The summed E-state index contributed by atoms with van der Waals surface area (Å²) in [5.41, 5.74) is 2.96. The Kier molecular flexibility index (Phi) is 6.32. The van der Waals surface area contributed by atoms with Gasteiger partial charge < -0.3 is 5.32 Å². The molecule has 0 fully saturated rings. The minimum Gasteiger partial charge on any atom is -0.323 e. The van der Waals surface area contributed by atoms with E-state index in [-0.39, 0.29) is 11.7 Å². The smallest absolute Gasteiger partial charge is 0.234 e. The van der Waals surface area contributed by atoms with Crippen LogP contribution < -0.4 is 5.32 Å². The van der Waals surface area contributed by atoms with Crippen LogP contribution in [0.15, 0.2) is 90.9 Å². The van der Waals surface area contributed by atoms with E-state index in [1.807, 2.05) is 47.0 Å². The molecular weight excluding hydrogens is 472 g/mol. The summed E-state index contributed by atoms with van der Waals surface area (Å²) in [4.78, 5) is 20.9. The first-order valence-corrected chi connectivity index (χ1v) is 11.5. The van der Waals surface area contributed by atoms with Crippen LogP contribution in [0.3, 0.4) is 0 Å². The number of aromatic nitrogens is 7. The molecule has 0 spiro atoms. The molecule has 0 aliphatic rings. The van der Waals surface area contributed by atoms with Gasteiger partial charge >= 0.3 is 0 Å². The molecule has 0 unspecified atom stereocenters. The predicted molar refractivity (Wildman–Crippen MR) is 130 cm³/mol. The first-order chi connectivity index (χ1) is 16.7. The van der Waals surface area contributed by atoms with Gasteiger partial charge in [-0.25, -0.2) is 9.67 Å². The van der Waals surface area contributed by atoms with Gasteiger partial charge in [-0.1, -0.05) is 41.6 Å². The van der Waals surface area contributed by atoms with Crippen molar-refractivity contribution in [1.82, 2.24) is 34.5 Å². The lowest BCUT2D eigenvalue weighted by molar-refractivity contribution is -0.113. The monoisotopic (exact) mass is 488 g/mol. The molecule has 9 nitrogen and oxygen atoms in total. The van der Waals surface area contributed by atoms with E-state index >= 15 is 0 Å².